The normalized spacial score (nSPS) is 10.6. The number of benzene rings is 2. The van der Waals surface area contributed by atoms with Crippen LogP contribution < -0.4 is 20.9 Å². The van der Waals surface area contributed by atoms with Crippen molar-refractivity contribution >= 4 is 23.1 Å². The van der Waals surface area contributed by atoms with Crippen molar-refractivity contribution < 1.29 is 13.9 Å². The molecule has 0 unspecified atom stereocenters. The summed E-state index contributed by atoms with van der Waals surface area (Å²) in [7, 11) is 0. The number of nitrogens with zero attached hydrogens (tertiary/aromatic N) is 2. The number of carbonyl (C=O) groups is 1. The lowest BCUT2D eigenvalue weighted by Gasteiger charge is -2.11. The van der Waals surface area contributed by atoms with Crippen molar-refractivity contribution in [2.24, 2.45) is 0 Å². The molecule has 4 aromatic rings. The van der Waals surface area contributed by atoms with E-state index in [1.807, 2.05) is 13.0 Å². The maximum Gasteiger partial charge on any atom is 0.323 e. The van der Waals surface area contributed by atoms with Crippen molar-refractivity contribution in [3.8, 4) is 5.75 Å². The molecular weight excluding hydrogens is 399 g/mol. The van der Waals surface area contributed by atoms with E-state index in [0.717, 1.165) is 5.56 Å². The van der Waals surface area contributed by atoms with E-state index < -0.39 is 11.8 Å². The number of hydrogen-bond acceptors (Lipinski definition) is 4. The monoisotopic (exact) mass is 418 g/mol. The summed E-state index contributed by atoms with van der Waals surface area (Å²) in [5, 5.41) is 5.23. The Bertz CT molecular complexity index is 1320. The Balaban J connectivity index is 1.43. The molecule has 0 aliphatic heterocycles. The molecule has 4 rings (SSSR count). The first kappa shape index (κ1) is 20.1. The summed E-state index contributed by atoms with van der Waals surface area (Å²) >= 11 is 0. The van der Waals surface area contributed by atoms with Gasteiger partial charge in [-0.1, -0.05) is 18.2 Å². The van der Waals surface area contributed by atoms with Crippen LogP contribution in [-0.4, -0.2) is 15.4 Å². The fourth-order valence-electron chi connectivity index (χ4n) is 3.06. The minimum absolute atomic E-state index is 0.0962. The maximum absolute atomic E-state index is 13.2. The fraction of sp³-hybridized carbons (Fsp3) is 0.0870. The van der Waals surface area contributed by atoms with Crippen molar-refractivity contribution in [1.82, 2.24) is 9.38 Å². The first-order valence-electron chi connectivity index (χ1n) is 9.52. The van der Waals surface area contributed by atoms with Gasteiger partial charge in [0.1, 0.15) is 23.8 Å². The van der Waals surface area contributed by atoms with Crippen molar-refractivity contribution in [3.05, 3.63) is 100 Å². The highest BCUT2D eigenvalue weighted by atomic mass is 19.1. The van der Waals surface area contributed by atoms with Crippen molar-refractivity contribution in [1.29, 1.82) is 0 Å². The Labute approximate surface area is 177 Å². The quantitative estimate of drug-likeness (QED) is 0.504. The highest BCUT2D eigenvalue weighted by molar-refractivity contribution is 5.99. The molecule has 8 heteroatoms. The zero-order valence-electron chi connectivity index (χ0n) is 16.6. The molecule has 0 atom stereocenters. The molecular formula is C23H19FN4O3. The number of anilines is 2. The van der Waals surface area contributed by atoms with E-state index in [0.29, 0.717) is 28.5 Å². The Morgan fingerprint density at radius 3 is 2.55 bits per heavy atom. The highest BCUT2D eigenvalue weighted by Gasteiger charge is 2.07. The van der Waals surface area contributed by atoms with Gasteiger partial charge in [-0.05, 0) is 48.9 Å². The van der Waals surface area contributed by atoms with E-state index in [-0.39, 0.29) is 12.2 Å². The predicted octanol–water partition coefficient (Wildman–Crippen LogP) is 4.37. The number of aryl methyl sites for hydroxylation is 1. The van der Waals surface area contributed by atoms with Crippen LogP contribution in [0.3, 0.4) is 0 Å². The Morgan fingerprint density at radius 2 is 1.77 bits per heavy atom. The molecule has 0 fully saturated rings. The van der Waals surface area contributed by atoms with Gasteiger partial charge in [-0.15, -0.1) is 0 Å². The van der Waals surface area contributed by atoms with Crippen LogP contribution >= 0.6 is 0 Å². The number of hydrogen-bond donors (Lipinski definition) is 2. The lowest BCUT2D eigenvalue weighted by Crippen LogP contribution is -2.19. The van der Waals surface area contributed by atoms with Gasteiger partial charge >= 0.3 is 6.03 Å². The molecule has 0 aliphatic carbocycles. The van der Waals surface area contributed by atoms with Gasteiger partial charge in [-0.2, -0.15) is 0 Å². The SMILES string of the molecule is Cc1cccn2c(=O)cc(COc3cccc(NC(=O)Nc4cccc(F)c4)c3)nc12. The van der Waals surface area contributed by atoms with Crippen LogP contribution in [0.2, 0.25) is 0 Å². The van der Waals surface area contributed by atoms with E-state index in [9.17, 15) is 14.0 Å². The maximum atomic E-state index is 13.2. The summed E-state index contributed by atoms with van der Waals surface area (Å²) in [6.45, 7) is 1.98. The number of urea groups is 1. The molecule has 0 saturated heterocycles. The number of aromatic nitrogens is 2. The van der Waals surface area contributed by atoms with Crippen molar-refractivity contribution in [2.75, 3.05) is 10.6 Å². The first-order chi connectivity index (χ1) is 15.0. The third kappa shape index (κ3) is 4.87. The van der Waals surface area contributed by atoms with Gasteiger partial charge in [0.15, 0.2) is 0 Å². The standard InChI is InChI=1S/C23H19FN4O3/c1-15-5-4-10-28-21(29)13-19(25-22(15)28)14-31-20-9-3-8-18(12-20)27-23(30)26-17-7-2-6-16(24)11-17/h2-13H,14H2,1H3,(H2,26,27,30). The number of nitrogens with one attached hydrogen (secondary N) is 2. The molecule has 7 nitrogen and oxygen atoms in total. The molecule has 2 amide bonds. The van der Waals surface area contributed by atoms with Crippen LogP contribution in [-0.2, 0) is 6.61 Å². The molecule has 2 N–H and O–H groups in total. The van der Waals surface area contributed by atoms with Crippen LogP contribution in [0.5, 0.6) is 5.75 Å². The van der Waals surface area contributed by atoms with Gasteiger partial charge < -0.3 is 15.4 Å². The van der Waals surface area contributed by atoms with E-state index in [1.165, 1.54) is 28.7 Å². The minimum atomic E-state index is -0.512. The van der Waals surface area contributed by atoms with Crippen LogP contribution in [0, 0.1) is 12.7 Å². The Morgan fingerprint density at radius 1 is 1.03 bits per heavy atom. The minimum Gasteiger partial charge on any atom is -0.487 e. The summed E-state index contributed by atoms with van der Waals surface area (Å²) in [6, 6.07) is 17.0. The average Bonchev–Trinajstić information content (AvgIpc) is 2.73. The van der Waals surface area contributed by atoms with E-state index in [1.54, 1.807) is 42.6 Å². The number of ether oxygens (including phenoxy) is 1. The summed E-state index contributed by atoms with van der Waals surface area (Å²) in [5.41, 5.74) is 2.62. The molecule has 2 aromatic carbocycles. The number of pyridine rings is 1. The van der Waals surface area contributed by atoms with Gasteiger partial charge in [0.2, 0.25) is 0 Å². The number of rotatable bonds is 5. The molecule has 0 spiro atoms. The summed E-state index contributed by atoms with van der Waals surface area (Å²) in [5.74, 6) is 0.0562. The Kier molecular flexibility index (Phi) is 5.61. The third-order valence-electron chi connectivity index (χ3n) is 4.50. The number of fused-ring (bicyclic) bond motifs is 1. The summed E-state index contributed by atoms with van der Waals surface area (Å²) in [4.78, 5) is 28.9. The van der Waals surface area contributed by atoms with Crippen LogP contribution in [0.15, 0.2) is 77.7 Å². The number of amides is 2. The molecule has 2 heterocycles. The summed E-state index contributed by atoms with van der Waals surface area (Å²) in [6.07, 6.45) is 1.67. The summed E-state index contributed by atoms with van der Waals surface area (Å²) < 4.78 is 20.5. The van der Waals surface area contributed by atoms with E-state index in [4.69, 9.17) is 4.74 Å². The lowest BCUT2D eigenvalue weighted by molar-refractivity contribution is 0.262. The first-order valence-corrected chi connectivity index (χ1v) is 9.52. The molecule has 2 aromatic heterocycles. The van der Waals surface area contributed by atoms with E-state index >= 15 is 0 Å². The van der Waals surface area contributed by atoms with Gasteiger partial charge in [-0.25, -0.2) is 14.2 Å². The molecule has 156 valence electrons. The van der Waals surface area contributed by atoms with E-state index in [2.05, 4.69) is 15.6 Å². The van der Waals surface area contributed by atoms with Crippen LogP contribution in [0.25, 0.3) is 5.65 Å². The molecule has 0 aliphatic rings. The topological polar surface area (TPSA) is 84.7 Å². The van der Waals surface area contributed by atoms with Crippen molar-refractivity contribution in [2.45, 2.75) is 13.5 Å². The smallest absolute Gasteiger partial charge is 0.323 e. The van der Waals surface area contributed by atoms with Gasteiger partial charge in [0.25, 0.3) is 5.56 Å². The second-order valence-electron chi connectivity index (χ2n) is 6.88. The van der Waals surface area contributed by atoms with Gasteiger partial charge in [0, 0.05) is 29.7 Å². The number of carbonyl (C=O) groups excluding carboxylic acids is 1. The predicted molar refractivity (Wildman–Crippen MR) is 116 cm³/mol. The molecule has 0 bridgehead atoms. The lowest BCUT2D eigenvalue weighted by atomic mass is 10.3. The average molecular weight is 418 g/mol. The van der Waals surface area contributed by atoms with Crippen LogP contribution in [0.1, 0.15) is 11.3 Å². The molecule has 0 radical (unpaired) electrons. The zero-order chi connectivity index (χ0) is 21.8. The van der Waals surface area contributed by atoms with Crippen LogP contribution in [0.4, 0.5) is 20.6 Å². The second-order valence-corrected chi connectivity index (χ2v) is 6.88. The largest absolute Gasteiger partial charge is 0.487 e. The second kappa shape index (κ2) is 8.66. The Hall–Kier alpha value is -4.20. The zero-order valence-corrected chi connectivity index (χ0v) is 16.6. The highest BCUT2D eigenvalue weighted by Crippen LogP contribution is 2.19. The molecule has 31 heavy (non-hydrogen) atoms. The number of halogens is 1. The van der Waals surface area contributed by atoms with Gasteiger partial charge in [-0.3, -0.25) is 9.20 Å². The van der Waals surface area contributed by atoms with Crippen molar-refractivity contribution in [3.63, 3.8) is 0 Å². The van der Waals surface area contributed by atoms with Gasteiger partial charge in [0.05, 0.1) is 5.69 Å². The third-order valence-corrected chi connectivity index (χ3v) is 4.50. The fourth-order valence-corrected chi connectivity index (χ4v) is 3.06. The molecule has 0 saturated carbocycles.